The van der Waals surface area contributed by atoms with Gasteiger partial charge in [-0.25, -0.2) is 0 Å². The molecule has 0 aliphatic rings. The van der Waals surface area contributed by atoms with Gasteiger partial charge in [0.25, 0.3) is 11.8 Å². The number of nitrogens with two attached hydrogens (primary N) is 1. The van der Waals surface area contributed by atoms with Crippen LogP contribution in [0.25, 0.3) is 0 Å². The fraction of sp³-hybridized carbons (Fsp3) is 0.136. The molecule has 1 aromatic heterocycles. The van der Waals surface area contributed by atoms with Crippen molar-refractivity contribution in [1.29, 1.82) is 0 Å². The van der Waals surface area contributed by atoms with Gasteiger partial charge in [0.2, 0.25) is 0 Å². The van der Waals surface area contributed by atoms with E-state index in [1.807, 2.05) is 18.2 Å². The Labute approximate surface area is 193 Å². The summed E-state index contributed by atoms with van der Waals surface area (Å²) in [6.07, 6.45) is 0. The predicted octanol–water partition coefficient (Wildman–Crippen LogP) is 2.46. The summed E-state index contributed by atoms with van der Waals surface area (Å²) in [4.78, 5) is 35.6. The first-order chi connectivity index (χ1) is 15.9. The quantitative estimate of drug-likeness (QED) is 0.405. The summed E-state index contributed by atoms with van der Waals surface area (Å²) in [5, 5.41) is 0.0150. The molecule has 3 amide bonds. The smallest absolute Gasteiger partial charge is 0.305 e. The Kier molecular flexibility index (Phi) is 7.77. The van der Waals surface area contributed by atoms with Crippen molar-refractivity contribution in [2.45, 2.75) is 6.61 Å². The number of hydrogen-bond donors (Lipinski definition) is 3. The fourth-order valence-electron chi connectivity index (χ4n) is 2.63. The number of furan rings is 1. The number of para-hydroxylation sites is 1. The Morgan fingerprint density at radius 1 is 1.00 bits per heavy atom. The molecule has 3 rings (SSSR count). The molecular weight excluding hydrogens is 454 g/mol. The van der Waals surface area contributed by atoms with Crippen LogP contribution < -0.4 is 30.8 Å². The van der Waals surface area contributed by atoms with E-state index in [9.17, 15) is 14.4 Å². The number of carbonyl (C=O) groups excluding carboxylic acids is 3. The number of halogens is 1. The van der Waals surface area contributed by atoms with E-state index in [1.54, 1.807) is 18.2 Å². The minimum Gasteiger partial charge on any atom is -0.493 e. The number of ether oxygens (including phenoxy) is 3. The number of primary amides is 1. The third-order valence-electron chi connectivity index (χ3n) is 4.15. The Morgan fingerprint density at radius 3 is 2.42 bits per heavy atom. The van der Waals surface area contributed by atoms with Crippen molar-refractivity contribution in [2.75, 3.05) is 13.7 Å². The first-order valence-electron chi connectivity index (χ1n) is 9.53. The highest BCUT2D eigenvalue weighted by atomic mass is 35.5. The molecule has 0 fully saturated rings. The maximum Gasteiger partial charge on any atom is 0.305 e. The van der Waals surface area contributed by atoms with Crippen LogP contribution in [0.5, 0.6) is 17.2 Å². The lowest BCUT2D eigenvalue weighted by Gasteiger charge is -2.13. The van der Waals surface area contributed by atoms with Crippen molar-refractivity contribution in [3.63, 3.8) is 0 Å². The van der Waals surface area contributed by atoms with Gasteiger partial charge in [-0.1, -0.05) is 29.8 Å². The van der Waals surface area contributed by atoms with Crippen molar-refractivity contribution in [1.82, 2.24) is 10.9 Å². The number of nitrogens with one attached hydrogen (secondary N) is 2. The molecule has 0 atom stereocenters. The maximum absolute atomic E-state index is 12.4. The van der Waals surface area contributed by atoms with E-state index in [0.717, 1.165) is 0 Å². The largest absolute Gasteiger partial charge is 0.493 e. The molecule has 0 aliphatic carbocycles. The molecule has 0 saturated heterocycles. The van der Waals surface area contributed by atoms with Gasteiger partial charge in [-0.3, -0.25) is 25.2 Å². The zero-order valence-electron chi connectivity index (χ0n) is 17.4. The van der Waals surface area contributed by atoms with E-state index in [4.69, 9.17) is 36.0 Å². The summed E-state index contributed by atoms with van der Waals surface area (Å²) in [6, 6.07) is 14.8. The average molecular weight is 474 g/mol. The van der Waals surface area contributed by atoms with Crippen molar-refractivity contribution in [3.05, 3.63) is 76.7 Å². The number of benzene rings is 2. The second-order valence-electron chi connectivity index (χ2n) is 6.52. The van der Waals surface area contributed by atoms with Gasteiger partial charge < -0.3 is 24.4 Å². The summed E-state index contributed by atoms with van der Waals surface area (Å²) in [6.45, 7) is -0.286. The molecule has 0 bridgehead atoms. The van der Waals surface area contributed by atoms with Crippen LogP contribution >= 0.6 is 11.6 Å². The lowest BCUT2D eigenvalue weighted by atomic mass is 10.2. The van der Waals surface area contributed by atoms with Crippen molar-refractivity contribution >= 4 is 29.3 Å². The average Bonchev–Trinajstić information content (AvgIpc) is 3.29. The minimum absolute atomic E-state index is 0.0150. The highest BCUT2D eigenvalue weighted by molar-refractivity contribution is 6.32. The Bertz CT molecular complexity index is 1150. The van der Waals surface area contributed by atoms with Gasteiger partial charge in [0, 0.05) is 5.56 Å². The molecule has 0 radical (unpaired) electrons. The van der Waals surface area contributed by atoms with Crippen LogP contribution in [0.3, 0.4) is 0 Å². The van der Waals surface area contributed by atoms with Gasteiger partial charge in [-0.2, -0.15) is 0 Å². The summed E-state index contributed by atoms with van der Waals surface area (Å²) in [5.74, 6) is -0.824. The Hall–Kier alpha value is -4.18. The molecule has 0 saturated carbocycles. The maximum atomic E-state index is 12.4. The van der Waals surface area contributed by atoms with Gasteiger partial charge >= 0.3 is 5.91 Å². The van der Waals surface area contributed by atoms with Gasteiger partial charge in [-0.15, -0.1) is 0 Å². The molecule has 0 spiro atoms. The van der Waals surface area contributed by atoms with Crippen LogP contribution in [-0.4, -0.2) is 31.4 Å². The zero-order valence-corrected chi connectivity index (χ0v) is 18.2. The monoisotopic (exact) mass is 473 g/mol. The lowest BCUT2D eigenvalue weighted by molar-refractivity contribution is -0.119. The van der Waals surface area contributed by atoms with E-state index in [0.29, 0.717) is 11.5 Å². The number of hydrazine groups is 1. The summed E-state index contributed by atoms with van der Waals surface area (Å²) < 4.78 is 21.3. The SMILES string of the molecule is COc1cc(C(=O)NNC(=O)c2ccc(COc3ccccc3)o2)cc(Cl)c1OCC(N)=O. The van der Waals surface area contributed by atoms with Crippen LogP contribution in [0, 0.1) is 0 Å². The zero-order chi connectivity index (χ0) is 23.8. The number of rotatable bonds is 9. The molecule has 1 heterocycles. The molecule has 172 valence electrons. The third-order valence-corrected chi connectivity index (χ3v) is 4.43. The molecular formula is C22H20ClN3O7. The molecule has 33 heavy (non-hydrogen) atoms. The second-order valence-corrected chi connectivity index (χ2v) is 6.93. The van der Waals surface area contributed by atoms with E-state index < -0.39 is 24.3 Å². The lowest BCUT2D eigenvalue weighted by Crippen LogP contribution is -2.41. The Balaban J connectivity index is 1.58. The van der Waals surface area contributed by atoms with Gasteiger partial charge in [-0.05, 0) is 36.4 Å². The van der Waals surface area contributed by atoms with Crippen molar-refractivity contribution in [2.24, 2.45) is 5.73 Å². The number of hydrogen-bond acceptors (Lipinski definition) is 7. The fourth-order valence-corrected chi connectivity index (χ4v) is 2.90. The molecule has 0 aliphatic heterocycles. The highest BCUT2D eigenvalue weighted by Gasteiger charge is 2.18. The molecule has 0 unspecified atom stereocenters. The van der Waals surface area contributed by atoms with Crippen LogP contribution in [-0.2, 0) is 11.4 Å². The normalized spacial score (nSPS) is 10.2. The first-order valence-corrected chi connectivity index (χ1v) is 9.91. The second kappa shape index (κ2) is 10.9. The number of amides is 3. The van der Waals surface area contributed by atoms with E-state index in [1.165, 1.54) is 25.3 Å². The van der Waals surface area contributed by atoms with Gasteiger partial charge in [0.15, 0.2) is 23.9 Å². The highest BCUT2D eigenvalue weighted by Crippen LogP contribution is 2.36. The van der Waals surface area contributed by atoms with Crippen LogP contribution in [0.15, 0.2) is 59.0 Å². The van der Waals surface area contributed by atoms with Crippen molar-refractivity contribution in [3.8, 4) is 17.2 Å². The van der Waals surface area contributed by atoms with Crippen LogP contribution in [0.2, 0.25) is 5.02 Å². The standard InChI is InChI=1S/C22H20ClN3O7/c1-30-18-10-13(9-16(23)20(18)32-12-19(24)27)21(28)25-26-22(29)17-8-7-15(33-17)11-31-14-5-3-2-4-6-14/h2-10H,11-12H2,1H3,(H2,24,27)(H,25,28)(H,26,29). The number of methoxy groups -OCH3 is 1. The van der Waals surface area contributed by atoms with E-state index in [2.05, 4.69) is 10.9 Å². The molecule has 11 heteroatoms. The molecule has 4 N–H and O–H groups in total. The van der Waals surface area contributed by atoms with Gasteiger partial charge in [0.05, 0.1) is 12.1 Å². The summed E-state index contributed by atoms with van der Waals surface area (Å²) in [7, 11) is 1.34. The topological polar surface area (TPSA) is 142 Å². The minimum atomic E-state index is -0.703. The van der Waals surface area contributed by atoms with Crippen LogP contribution in [0.4, 0.5) is 0 Å². The molecule has 3 aromatic rings. The van der Waals surface area contributed by atoms with Gasteiger partial charge in [0.1, 0.15) is 18.1 Å². The predicted molar refractivity (Wildman–Crippen MR) is 117 cm³/mol. The van der Waals surface area contributed by atoms with Crippen molar-refractivity contribution < 1.29 is 33.0 Å². The number of carbonyl (C=O) groups is 3. The summed E-state index contributed by atoms with van der Waals surface area (Å²) in [5.41, 5.74) is 9.62. The van der Waals surface area contributed by atoms with E-state index in [-0.39, 0.29) is 34.5 Å². The third kappa shape index (κ3) is 6.40. The van der Waals surface area contributed by atoms with Crippen LogP contribution in [0.1, 0.15) is 26.7 Å². The first kappa shape index (κ1) is 23.5. The Morgan fingerprint density at radius 2 is 1.73 bits per heavy atom. The summed E-state index contributed by atoms with van der Waals surface area (Å²) >= 11 is 6.12. The molecule has 2 aromatic carbocycles. The van der Waals surface area contributed by atoms with E-state index >= 15 is 0 Å². The molecule has 10 nitrogen and oxygen atoms in total.